The molecule has 0 atom stereocenters. The van der Waals surface area contributed by atoms with Crippen LogP contribution in [0, 0.1) is 17.8 Å². The molecular formula is C16H25N3. The number of hydrogen-bond donors (Lipinski definition) is 1. The van der Waals surface area contributed by atoms with Crippen LogP contribution in [0.25, 0.3) is 0 Å². The zero-order valence-corrected chi connectivity index (χ0v) is 11.7. The average molecular weight is 259 g/mol. The monoisotopic (exact) mass is 259 g/mol. The molecule has 1 aromatic heterocycles. The van der Waals surface area contributed by atoms with Crippen LogP contribution in [0.5, 0.6) is 0 Å². The van der Waals surface area contributed by atoms with Gasteiger partial charge in [0.1, 0.15) is 0 Å². The summed E-state index contributed by atoms with van der Waals surface area (Å²) >= 11 is 0. The quantitative estimate of drug-likeness (QED) is 0.824. The third kappa shape index (κ3) is 2.33. The normalized spacial score (nSPS) is 39.9. The maximum Gasteiger partial charge on any atom is 0.0945 e. The first kappa shape index (κ1) is 12.0. The largest absolute Gasteiger partial charge is 0.337 e. The lowest BCUT2D eigenvalue weighted by molar-refractivity contribution is -0.0196. The number of nitrogens with one attached hydrogen (secondary N) is 1. The minimum Gasteiger partial charge on any atom is -0.337 e. The molecule has 4 bridgehead atoms. The molecule has 4 aliphatic rings. The van der Waals surface area contributed by atoms with E-state index in [-0.39, 0.29) is 0 Å². The Labute approximate surface area is 115 Å². The summed E-state index contributed by atoms with van der Waals surface area (Å²) in [5.41, 5.74) is 0.531. The third-order valence-electron chi connectivity index (χ3n) is 5.69. The van der Waals surface area contributed by atoms with Gasteiger partial charge in [-0.15, -0.1) is 0 Å². The third-order valence-corrected chi connectivity index (χ3v) is 5.69. The summed E-state index contributed by atoms with van der Waals surface area (Å²) < 4.78 is 2.18. The maximum absolute atomic E-state index is 4.10. The summed E-state index contributed by atoms with van der Waals surface area (Å²) in [6.07, 6.45) is 16.1. The van der Waals surface area contributed by atoms with Gasteiger partial charge >= 0.3 is 0 Å². The molecule has 0 aliphatic heterocycles. The molecule has 4 aliphatic carbocycles. The van der Waals surface area contributed by atoms with Gasteiger partial charge in [0.2, 0.25) is 0 Å². The number of aryl methyl sites for hydroxylation is 1. The summed E-state index contributed by atoms with van der Waals surface area (Å²) in [5.74, 6) is 3.15. The fourth-order valence-electron chi connectivity index (χ4n) is 5.36. The van der Waals surface area contributed by atoms with E-state index < -0.39 is 0 Å². The predicted molar refractivity (Wildman–Crippen MR) is 75.7 cm³/mol. The molecule has 5 rings (SSSR count). The van der Waals surface area contributed by atoms with Crippen molar-refractivity contribution in [3.8, 4) is 0 Å². The van der Waals surface area contributed by atoms with Crippen LogP contribution >= 0.6 is 0 Å². The molecule has 0 unspecified atom stereocenters. The molecule has 3 heteroatoms. The van der Waals surface area contributed by atoms with Crippen LogP contribution in [0.1, 0.15) is 44.9 Å². The van der Waals surface area contributed by atoms with Crippen LogP contribution in [0.15, 0.2) is 18.7 Å². The molecule has 19 heavy (non-hydrogen) atoms. The molecule has 0 aromatic carbocycles. The molecule has 0 radical (unpaired) electrons. The van der Waals surface area contributed by atoms with Gasteiger partial charge < -0.3 is 9.88 Å². The van der Waals surface area contributed by atoms with Crippen molar-refractivity contribution in [2.45, 2.75) is 57.0 Å². The first-order chi connectivity index (χ1) is 9.31. The Balaban J connectivity index is 1.30. The van der Waals surface area contributed by atoms with Crippen molar-refractivity contribution in [1.29, 1.82) is 0 Å². The van der Waals surface area contributed by atoms with Crippen LogP contribution in [0.2, 0.25) is 0 Å². The highest BCUT2D eigenvalue weighted by molar-refractivity contribution is 5.06. The van der Waals surface area contributed by atoms with Crippen molar-refractivity contribution >= 4 is 0 Å². The van der Waals surface area contributed by atoms with Crippen molar-refractivity contribution in [2.24, 2.45) is 17.8 Å². The standard InChI is InChI=1S/C16H25N3/c1(4-19-5-3-17-12-19)2-18-16-9-13-6-14(10-16)8-15(7-13)11-16/h3,5,12-15,18H,1-2,4,6-11H2. The number of hydrogen-bond acceptors (Lipinski definition) is 2. The molecule has 1 aromatic rings. The van der Waals surface area contributed by atoms with Gasteiger partial charge in [-0.05, 0) is 69.2 Å². The summed E-state index contributed by atoms with van der Waals surface area (Å²) in [6, 6.07) is 0. The molecule has 4 saturated carbocycles. The first-order valence-electron chi connectivity index (χ1n) is 8.02. The second-order valence-electron chi connectivity index (χ2n) is 7.28. The average Bonchev–Trinajstić information content (AvgIpc) is 2.86. The highest BCUT2D eigenvalue weighted by atomic mass is 15.0. The predicted octanol–water partition coefficient (Wildman–Crippen LogP) is 2.83. The van der Waals surface area contributed by atoms with Gasteiger partial charge in [-0.25, -0.2) is 4.98 Å². The summed E-state index contributed by atoms with van der Waals surface area (Å²) in [7, 11) is 0. The summed E-state index contributed by atoms with van der Waals surface area (Å²) in [5, 5.41) is 3.96. The molecule has 1 N–H and O–H groups in total. The Bertz CT molecular complexity index is 388. The van der Waals surface area contributed by atoms with Crippen LogP contribution in [0.4, 0.5) is 0 Å². The number of nitrogens with zero attached hydrogens (tertiary/aromatic N) is 2. The van der Waals surface area contributed by atoms with Gasteiger partial charge in [-0.3, -0.25) is 0 Å². The van der Waals surface area contributed by atoms with E-state index >= 15 is 0 Å². The highest BCUT2D eigenvalue weighted by Gasteiger charge is 2.50. The van der Waals surface area contributed by atoms with Crippen LogP contribution in [-0.2, 0) is 6.54 Å². The van der Waals surface area contributed by atoms with E-state index in [0.29, 0.717) is 5.54 Å². The van der Waals surface area contributed by atoms with Gasteiger partial charge in [-0.2, -0.15) is 0 Å². The van der Waals surface area contributed by atoms with Crippen molar-refractivity contribution in [3.05, 3.63) is 18.7 Å². The molecule has 0 saturated heterocycles. The van der Waals surface area contributed by atoms with Crippen LogP contribution in [0.3, 0.4) is 0 Å². The lowest BCUT2D eigenvalue weighted by atomic mass is 9.53. The summed E-state index contributed by atoms with van der Waals surface area (Å²) in [4.78, 5) is 4.10. The molecule has 4 fully saturated rings. The molecule has 0 amide bonds. The smallest absolute Gasteiger partial charge is 0.0945 e. The SMILES string of the molecule is c1cn(CCCNC23CC4CC(CC(C4)C2)C3)cn1. The fourth-order valence-corrected chi connectivity index (χ4v) is 5.36. The minimum absolute atomic E-state index is 0.531. The first-order valence-corrected chi connectivity index (χ1v) is 8.02. The lowest BCUT2D eigenvalue weighted by Gasteiger charge is -2.57. The molecule has 3 nitrogen and oxygen atoms in total. The maximum atomic E-state index is 4.10. The van der Waals surface area contributed by atoms with Crippen molar-refractivity contribution in [1.82, 2.24) is 14.9 Å². The number of aromatic nitrogens is 2. The van der Waals surface area contributed by atoms with Crippen LogP contribution in [-0.4, -0.2) is 21.6 Å². The Kier molecular flexibility index (Phi) is 2.91. The van der Waals surface area contributed by atoms with E-state index in [1.165, 1.54) is 51.5 Å². The van der Waals surface area contributed by atoms with E-state index in [9.17, 15) is 0 Å². The van der Waals surface area contributed by atoms with E-state index in [1.807, 2.05) is 12.5 Å². The lowest BCUT2D eigenvalue weighted by Crippen LogP contribution is -2.58. The van der Waals surface area contributed by atoms with Crippen LogP contribution < -0.4 is 5.32 Å². The molecule has 1 heterocycles. The topological polar surface area (TPSA) is 29.9 Å². The van der Waals surface area contributed by atoms with E-state index in [4.69, 9.17) is 0 Å². The van der Waals surface area contributed by atoms with Gasteiger partial charge in [0.15, 0.2) is 0 Å². The minimum atomic E-state index is 0.531. The van der Waals surface area contributed by atoms with E-state index in [1.54, 1.807) is 0 Å². The number of rotatable bonds is 5. The van der Waals surface area contributed by atoms with Gasteiger partial charge in [0, 0.05) is 24.5 Å². The summed E-state index contributed by atoms with van der Waals surface area (Å²) in [6.45, 7) is 2.27. The molecular weight excluding hydrogens is 234 g/mol. The Morgan fingerprint density at radius 1 is 1.11 bits per heavy atom. The Hall–Kier alpha value is -0.830. The van der Waals surface area contributed by atoms with E-state index in [0.717, 1.165) is 24.3 Å². The van der Waals surface area contributed by atoms with Gasteiger partial charge in [-0.1, -0.05) is 0 Å². The fraction of sp³-hybridized carbons (Fsp3) is 0.812. The molecule has 104 valence electrons. The second kappa shape index (κ2) is 4.62. The Morgan fingerprint density at radius 2 is 1.79 bits per heavy atom. The van der Waals surface area contributed by atoms with Gasteiger partial charge in [0.25, 0.3) is 0 Å². The van der Waals surface area contributed by atoms with Crippen molar-refractivity contribution in [3.63, 3.8) is 0 Å². The Morgan fingerprint density at radius 3 is 2.37 bits per heavy atom. The second-order valence-corrected chi connectivity index (χ2v) is 7.28. The van der Waals surface area contributed by atoms with Crippen molar-refractivity contribution < 1.29 is 0 Å². The highest BCUT2D eigenvalue weighted by Crippen LogP contribution is 2.55. The van der Waals surface area contributed by atoms with E-state index in [2.05, 4.69) is 21.1 Å². The van der Waals surface area contributed by atoms with Gasteiger partial charge in [0.05, 0.1) is 6.33 Å². The number of imidazole rings is 1. The van der Waals surface area contributed by atoms with Crippen molar-refractivity contribution in [2.75, 3.05) is 6.54 Å². The molecule has 0 spiro atoms. The zero-order valence-electron chi connectivity index (χ0n) is 11.7. The zero-order chi connectivity index (χ0) is 12.7.